The predicted octanol–water partition coefficient (Wildman–Crippen LogP) is 1.38. The summed E-state index contributed by atoms with van der Waals surface area (Å²) in [5.74, 6) is -0.390. The van der Waals surface area contributed by atoms with Crippen molar-refractivity contribution in [3.63, 3.8) is 0 Å². The molecule has 18 heavy (non-hydrogen) atoms. The summed E-state index contributed by atoms with van der Waals surface area (Å²) >= 11 is 0. The first-order valence-corrected chi connectivity index (χ1v) is 5.74. The lowest BCUT2D eigenvalue weighted by Gasteiger charge is -2.13. The Morgan fingerprint density at radius 1 is 1.50 bits per heavy atom. The third-order valence-corrected chi connectivity index (χ3v) is 2.32. The average Bonchev–Trinajstić information content (AvgIpc) is 2.37. The summed E-state index contributed by atoms with van der Waals surface area (Å²) in [5, 5.41) is 11.8. The highest BCUT2D eigenvalue weighted by molar-refractivity contribution is 5.77. The maximum absolute atomic E-state index is 10.9. The van der Waals surface area contributed by atoms with E-state index in [4.69, 9.17) is 14.6 Å². The number of pyridine rings is 1. The van der Waals surface area contributed by atoms with Gasteiger partial charge in [-0.25, -0.2) is 9.78 Å². The first-order valence-electron chi connectivity index (χ1n) is 5.74. The van der Waals surface area contributed by atoms with E-state index >= 15 is 0 Å². The number of aliphatic carboxylic acids is 1. The third kappa shape index (κ3) is 4.58. The number of aromatic nitrogens is 1. The molecule has 6 heteroatoms. The molecular weight excluding hydrogens is 236 g/mol. The van der Waals surface area contributed by atoms with Crippen molar-refractivity contribution in [1.82, 2.24) is 4.98 Å². The van der Waals surface area contributed by atoms with Crippen LogP contribution in [0.25, 0.3) is 0 Å². The number of nitrogens with one attached hydrogen (secondary N) is 1. The van der Waals surface area contributed by atoms with E-state index in [0.717, 1.165) is 0 Å². The zero-order chi connectivity index (χ0) is 13.4. The van der Waals surface area contributed by atoms with Crippen LogP contribution < -0.4 is 10.1 Å². The number of carboxylic acids is 1. The molecule has 0 aromatic carbocycles. The number of carboxylic acid groups (broad SMARTS) is 1. The van der Waals surface area contributed by atoms with Gasteiger partial charge in [-0.15, -0.1) is 0 Å². The standard InChI is InChI=1S/C12H18N2O4/c1-3-10(12(15)16)14-9-4-5-11(13-8-9)18-7-6-17-2/h4-5,8,10,14H,3,6-7H2,1-2H3,(H,15,16). The largest absolute Gasteiger partial charge is 0.480 e. The van der Waals surface area contributed by atoms with Gasteiger partial charge in [0.25, 0.3) is 0 Å². The molecule has 1 heterocycles. The first-order chi connectivity index (χ1) is 8.67. The lowest BCUT2D eigenvalue weighted by atomic mass is 10.2. The molecule has 0 aliphatic rings. The Kier molecular flexibility index (Phi) is 5.93. The lowest BCUT2D eigenvalue weighted by molar-refractivity contribution is -0.137. The third-order valence-electron chi connectivity index (χ3n) is 2.32. The Morgan fingerprint density at radius 3 is 2.78 bits per heavy atom. The molecule has 0 saturated heterocycles. The van der Waals surface area contributed by atoms with Crippen LogP contribution >= 0.6 is 0 Å². The summed E-state index contributed by atoms with van der Waals surface area (Å²) in [6.07, 6.45) is 2.05. The molecule has 1 aromatic rings. The summed E-state index contributed by atoms with van der Waals surface area (Å²) in [5.41, 5.74) is 0.656. The Labute approximate surface area is 106 Å². The fourth-order valence-corrected chi connectivity index (χ4v) is 1.32. The minimum Gasteiger partial charge on any atom is -0.480 e. The molecule has 0 spiro atoms. The van der Waals surface area contributed by atoms with Crippen LogP contribution in [0.1, 0.15) is 13.3 Å². The molecule has 1 rings (SSSR count). The van der Waals surface area contributed by atoms with Crippen LogP contribution in [0.4, 0.5) is 5.69 Å². The van der Waals surface area contributed by atoms with Gasteiger partial charge >= 0.3 is 5.97 Å². The van der Waals surface area contributed by atoms with E-state index in [-0.39, 0.29) is 0 Å². The fraction of sp³-hybridized carbons (Fsp3) is 0.500. The van der Waals surface area contributed by atoms with Crippen molar-refractivity contribution in [2.45, 2.75) is 19.4 Å². The Bertz CT molecular complexity index is 367. The molecule has 0 aliphatic heterocycles. The number of ether oxygens (including phenoxy) is 2. The number of carbonyl (C=O) groups is 1. The summed E-state index contributed by atoms with van der Waals surface area (Å²) in [4.78, 5) is 14.9. The number of nitrogens with zero attached hydrogens (tertiary/aromatic N) is 1. The molecule has 0 saturated carbocycles. The van der Waals surface area contributed by atoms with E-state index in [9.17, 15) is 4.79 Å². The lowest BCUT2D eigenvalue weighted by Crippen LogP contribution is -2.28. The summed E-state index contributed by atoms with van der Waals surface area (Å²) in [7, 11) is 1.60. The molecule has 0 amide bonds. The van der Waals surface area contributed by atoms with E-state index in [1.54, 1.807) is 32.4 Å². The van der Waals surface area contributed by atoms with Crippen molar-refractivity contribution in [3.8, 4) is 5.88 Å². The molecule has 0 radical (unpaired) electrons. The molecule has 100 valence electrons. The van der Waals surface area contributed by atoms with Crippen molar-refractivity contribution in [3.05, 3.63) is 18.3 Å². The van der Waals surface area contributed by atoms with E-state index in [1.165, 1.54) is 0 Å². The zero-order valence-electron chi connectivity index (χ0n) is 10.5. The van der Waals surface area contributed by atoms with Crippen molar-refractivity contribution in [2.24, 2.45) is 0 Å². The highest BCUT2D eigenvalue weighted by Crippen LogP contribution is 2.13. The first kappa shape index (κ1) is 14.2. The zero-order valence-corrected chi connectivity index (χ0v) is 10.5. The predicted molar refractivity (Wildman–Crippen MR) is 66.9 cm³/mol. The Balaban J connectivity index is 2.51. The minimum atomic E-state index is -0.877. The number of hydrogen-bond donors (Lipinski definition) is 2. The molecule has 1 atom stereocenters. The van der Waals surface area contributed by atoms with E-state index in [1.807, 2.05) is 0 Å². The van der Waals surface area contributed by atoms with Gasteiger partial charge in [0.15, 0.2) is 0 Å². The quantitative estimate of drug-likeness (QED) is 0.682. The summed E-state index contributed by atoms with van der Waals surface area (Å²) in [6, 6.07) is 2.82. The SMILES string of the molecule is CCC(Nc1ccc(OCCOC)nc1)C(=O)O. The highest BCUT2D eigenvalue weighted by Gasteiger charge is 2.14. The molecule has 6 nitrogen and oxygen atoms in total. The van der Waals surface area contributed by atoms with Gasteiger partial charge in [0.05, 0.1) is 18.5 Å². The van der Waals surface area contributed by atoms with Gasteiger partial charge in [0, 0.05) is 13.2 Å². The molecule has 2 N–H and O–H groups in total. The van der Waals surface area contributed by atoms with Gasteiger partial charge < -0.3 is 19.9 Å². The molecule has 1 unspecified atom stereocenters. The minimum absolute atomic E-state index is 0.434. The molecule has 0 aliphatic carbocycles. The van der Waals surface area contributed by atoms with Gasteiger partial charge in [0.2, 0.25) is 5.88 Å². The number of anilines is 1. The highest BCUT2D eigenvalue weighted by atomic mass is 16.5. The Hall–Kier alpha value is -1.82. The number of rotatable bonds is 8. The van der Waals surface area contributed by atoms with E-state index in [2.05, 4.69) is 10.3 Å². The average molecular weight is 254 g/mol. The monoisotopic (exact) mass is 254 g/mol. The van der Waals surface area contributed by atoms with Crippen LogP contribution in [0.2, 0.25) is 0 Å². The van der Waals surface area contributed by atoms with Crippen molar-refractivity contribution in [2.75, 3.05) is 25.6 Å². The second kappa shape index (κ2) is 7.50. The Morgan fingerprint density at radius 2 is 2.28 bits per heavy atom. The molecule has 0 fully saturated rings. The maximum atomic E-state index is 10.9. The van der Waals surface area contributed by atoms with E-state index in [0.29, 0.717) is 31.2 Å². The molecular formula is C12H18N2O4. The number of hydrogen-bond acceptors (Lipinski definition) is 5. The summed E-state index contributed by atoms with van der Waals surface area (Å²) < 4.78 is 10.2. The smallest absolute Gasteiger partial charge is 0.326 e. The van der Waals surface area contributed by atoms with Crippen LogP contribution in [0.5, 0.6) is 5.88 Å². The summed E-state index contributed by atoms with van der Waals surface area (Å²) in [6.45, 7) is 2.74. The van der Waals surface area contributed by atoms with Crippen LogP contribution in [0.15, 0.2) is 18.3 Å². The topological polar surface area (TPSA) is 80.7 Å². The van der Waals surface area contributed by atoms with Crippen LogP contribution in [0, 0.1) is 0 Å². The van der Waals surface area contributed by atoms with Crippen molar-refractivity contribution >= 4 is 11.7 Å². The molecule has 1 aromatic heterocycles. The number of methoxy groups -OCH3 is 1. The molecule has 0 bridgehead atoms. The van der Waals surface area contributed by atoms with Crippen LogP contribution in [-0.4, -0.2) is 42.4 Å². The van der Waals surface area contributed by atoms with Gasteiger partial charge in [-0.3, -0.25) is 0 Å². The van der Waals surface area contributed by atoms with Gasteiger partial charge in [-0.05, 0) is 12.5 Å². The normalized spacial score (nSPS) is 11.9. The second-order valence-corrected chi connectivity index (χ2v) is 3.67. The van der Waals surface area contributed by atoms with E-state index < -0.39 is 12.0 Å². The second-order valence-electron chi connectivity index (χ2n) is 3.67. The van der Waals surface area contributed by atoms with Crippen LogP contribution in [0.3, 0.4) is 0 Å². The maximum Gasteiger partial charge on any atom is 0.326 e. The van der Waals surface area contributed by atoms with Crippen molar-refractivity contribution < 1.29 is 19.4 Å². The van der Waals surface area contributed by atoms with Crippen LogP contribution in [-0.2, 0) is 9.53 Å². The van der Waals surface area contributed by atoms with Gasteiger partial charge in [0.1, 0.15) is 12.6 Å². The van der Waals surface area contributed by atoms with Crippen molar-refractivity contribution in [1.29, 1.82) is 0 Å². The van der Waals surface area contributed by atoms with Gasteiger partial charge in [-0.2, -0.15) is 0 Å². The fourth-order valence-electron chi connectivity index (χ4n) is 1.32. The van der Waals surface area contributed by atoms with Gasteiger partial charge in [-0.1, -0.05) is 6.92 Å².